The standard InChI is InChI=1S/C19H19NO4S/c1-16-11-13-17(14-12-16)25(22,23)20-15-9-7-5-3-4-6-8-10-18(20)19(21)24-2/h3,5,11-14,18H,8,10,15H2,1-2H3/b5-3-/t18-/m0/s1. The molecular formula is C19H19NO4S. The second-order valence-corrected chi connectivity index (χ2v) is 7.31. The van der Waals surface area contributed by atoms with Gasteiger partial charge < -0.3 is 4.74 Å². The fourth-order valence-electron chi connectivity index (χ4n) is 2.33. The summed E-state index contributed by atoms with van der Waals surface area (Å²) in [4.78, 5) is 12.3. The third-order valence-corrected chi connectivity index (χ3v) is 5.55. The van der Waals surface area contributed by atoms with E-state index >= 15 is 0 Å². The van der Waals surface area contributed by atoms with Gasteiger partial charge in [0.1, 0.15) is 6.04 Å². The third-order valence-electron chi connectivity index (χ3n) is 3.68. The van der Waals surface area contributed by atoms with Crippen LogP contribution in [0.2, 0.25) is 0 Å². The number of methoxy groups -OCH3 is 1. The molecule has 1 aromatic carbocycles. The first-order valence-electron chi connectivity index (χ1n) is 7.75. The molecule has 1 atom stereocenters. The minimum atomic E-state index is -3.90. The Kier molecular flexibility index (Phi) is 6.41. The molecule has 0 aromatic heterocycles. The third kappa shape index (κ3) is 4.73. The summed E-state index contributed by atoms with van der Waals surface area (Å²) in [6.07, 6.45) is 3.76. The molecule has 0 amide bonds. The van der Waals surface area contributed by atoms with E-state index in [-0.39, 0.29) is 17.9 Å². The van der Waals surface area contributed by atoms with E-state index in [1.165, 1.54) is 19.2 Å². The van der Waals surface area contributed by atoms with Crippen LogP contribution >= 0.6 is 0 Å². The van der Waals surface area contributed by atoms with Crippen LogP contribution in [0.4, 0.5) is 0 Å². The van der Waals surface area contributed by atoms with E-state index < -0.39 is 22.0 Å². The molecule has 0 aliphatic carbocycles. The van der Waals surface area contributed by atoms with Crippen molar-refractivity contribution < 1.29 is 17.9 Å². The van der Waals surface area contributed by atoms with E-state index in [2.05, 4.69) is 23.7 Å². The lowest BCUT2D eigenvalue weighted by Gasteiger charge is -2.27. The molecule has 2 rings (SSSR count). The quantitative estimate of drug-likeness (QED) is 0.612. The first-order chi connectivity index (χ1) is 12.0. The number of allylic oxidation sites excluding steroid dienone is 2. The number of aryl methyl sites for hydroxylation is 1. The zero-order valence-corrected chi connectivity index (χ0v) is 15.0. The lowest BCUT2D eigenvalue weighted by Crippen LogP contribution is -2.45. The van der Waals surface area contributed by atoms with E-state index in [9.17, 15) is 13.2 Å². The van der Waals surface area contributed by atoms with Crippen LogP contribution in [0.15, 0.2) is 41.3 Å². The molecular weight excluding hydrogens is 338 g/mol. The molecule has 0 spiro atoms. The van der Waals surface area contributed by atoms with Crippen LogP contribution in [0.5, 0.6) is 0 Å². The lowest BCUT2D eigenvalue weighted by atomic mass is 10.1. The van der Waals surface area contributed by atoms with Crippen LogP contribution in [0.1, 0.15) is 18.4 Å². The summed E-state index contributed by atoms with van der Waals surface area (Å²) in [5.41, 5.74) is 0.945. The maximum atomic E-state index is 13.1. The molecule has 25 heavy (non-hydrogen) atoms. The van der Waals surface area contributed by atoms with Crippen LogP contribution in [-0.4, -0.2) is 38.4 Å². The van der Waals surface area contributed by atoms with Gasteiger partial charge in [0.25, 0.3) is 0 Å². The molecule has 0 radical (unpaired) electrons. The zero-order chi connectivity index (χ0) is 18.3. The van der Waals surface area contributed by atoms with Gasteiger partial charge in [-0.05, 0) is 37.6 Å². The first kappa shape index (κ1) is 18.8. The largest absolute Gasteiger partial charge is 0.468 e. The number of nitrogens with zero attached hydrogens (tertiary/aromatic N) is 1. The topological polar surface area (TPSA) is 63.7 Å². The molecule has 0 fully saturated rings. The Bertz CT molecular complexity index is 877. The predicted octanol–water partition coefficient (Wildman–Crippen LogP) is 1.88. The number of sulfonamides is 1. The van der Waals surface area contributed by atoms with Gasteiger partial charge in [0.2, 0.25) is 10.0 Å². The highest BCUT2D eigenvalue weighted by Gasteiger charge is 2.35. The Hall–Kier alpha value is -2.54. The normalized spacial score (nSPS) is 19.4. The molecule has 1 aliphatic heterocycles. The highest BCUT2D eigenvalue weighted by Crippen LogP contribution is 2.21. The van der Waals surface area contributed by atoms with Crippen molar-refractivity contribution in [2.75, 3.05) is 13.7 Å². The number of carbonyl (C=O) groups is 1. The van der Waals surface area contributed by atoms with Gasteiger partial charge in [0, 0.05) is 6.42 Å². The maximum absolute atomic E-state index is 13.1. The molecule has 0 saturated heterocycles. The van der Waals surface area contributed by atoms with Crippen LogP contribution in [-0.2, 0) is 19.6 Å². The van der Waals surface area contributed by atoms with Gasteiger partial charge >= 0.3 is 5.97 Å². The van der Waals surface area contributed by atoms with E-state index in [0.717, 1.165) is 9.87 Å². The van der Waals surface area contributed by atoms with E-state index in [1.807, 2.05) is 6.92 Å². The molecule has 0 saturated carbocycles. The van der Waals surface area contributed by atoms with E-state index in [4.69, 9.17) is 4.74 Å². The molecule has 1 aliphatic rings. The van der Waals surface area contributed by atoms with Crippen molar-refractivity contribution in [1.29, 1.82) is 0 Å². The Labute approximate surface area is 148 Å². The summed E-state index contributed by atoms with van der Waals surface area (Å²) in [5.74, 6) is 10.6. The summed E-state index contributed by atoms with van der Waals surface area (Å²) in [6.45, 7) is 1.76. The molecule has 130 valence electrons. The summed E-state index contributed by atoms with van der Waals surface area (Å²) in [6, 6.07) is 5.51. The summed E-state index contributed by atoms with van der Waals surface area (Å²) in [7, 11) is -2.67. The van der Waals surface area contributed by atoms with E-state index in [0.29, 0.717) is 6.42 Å². The second-order valence-electron chi connectivity index (χ2n) is 5.42. The van der Waals surface area contributed by atoms with Crippen molar-refractivity contribution in [2.45, 2.75) is 30.7 Å². The van der Waals surface area contributed by atoms with Gasteiger partial charge in [-0.2, -0.15) is 4.31 Å². The monoisotopic (exact) mass is 357 g/mol. The number of benzene rings is 1. The van der Waals surface area contributed by atoms with Gasteiger partial charge in [-0.1, -0.05) is 41.4 Å². The maximum Gasteiger partial charge on any atom is 0.324 e. The van der Waals surface area contributed by atoms with Crippen molar-refractivity contribution in [1.82, 2.24) is 4.31 Å². The van der Waals surface area contributed by atoms with Crippen molar-refractivity contribution in [3.63, 3.8) is 0 Å². The van der Waals surface area contributed by atoms with Crippen molar-refractivity contribution in [2.24, 2.45) is 0 Å². The Morgan fingerprint density at radius 2 is 1.80 bits per heavy atom. The Morgan fingerprint density at radius 1 is 1.16 bits per heavy atom. The number of rotatable bonds is 3. The molecule has 0 bridgehead atoms. The highest BCUT2D eigenvalue weighted by molar-refractivity contribution is 7.89. The number of hydrogen-bond acceptors (Lipinski definition) is 4. The van der Waals surface area contributed by atoms with Gasteiger partial charge in [-0.25, -0.2) is 8.42 Å². The van der Waals surface area contributed by atoms with Gasteiger partial charge in [-0.3, -0.25) is 4.79 Å². The average molecular weight is 357 g/mol. The summed E-state index contributed by atoms with van der Waals surface area (Å²) in [5, 5.41) is 0. The van der Waals surface area contributed by atoms with Crippen LogP contribution < -0.4 is 0 Å². The predicted molar refractivity (Wildman–Crippen MR) is 94.8 cm³/mol. The fourth-order valence-corrected chi connectivity index (χ4v) is 3.84. The number of hydrogen-bond donors (Lipinski definition) is 0. The Balaban J connectivity index is 2.49. The van der Waals surface area contributed by atoms with E-state index in [1.54, 1.807) is 24.3 Å². The van der Waals surface area contributed by atoms with Crippen LogP contribution in [0, 0.1) is 30.6 Å². The van der Waals surface area contributed by atoms with Crippen molar-refractivity contribution in [3.8, 4) is 23.7 Å². The molecule has 6 heteroatoms. The summed E-state index contributed by atoms with van der Waals surface area (Å²) >= 11 is 0. The minimum absolute atomic E-state index is 0.111. The van der Waals surface area contributed by atoms with Gasteiger partial charge in [0.15, 0.2) is 0 Å². The Morgan fingerprint density at radius 3 is 2.44 bits per heavy atom. The lowest BCUT2D eigenvalue weighted by molar-refractivity contribution is -0.145. The minimum Gasteiger partial charge on any atom is -0.468 e. The molecule has 5 nitrogen and oxygen atoms in total. The van der Waals surface area contributed by atoms with Crippen LogP contribution in [0.3, 0.4) is 0 Å². The number of ether oxygens (including phenoxy) is 1. The molecule has 1 aromatic rings. The zero-order valence-electron chi connectivity index (χ0n) is 14.2. The van der Waals surface area contributed by atoms with Gasteiger partial charge in [-0.15, -0.1) is 0 Å². The molecule has 0 unspecified atom stereocenters. The average Bonchev–Trinajstić information content (AvgIpc) is 2.65. The molecule has 0 N–H and O–H groups in total. The van der Waals surface area contributed by atoms with Crippen molar-refractivity contribution in [3.05, 3.63) is 42.0 Å². The molecule has 1 heterocycles. The smallest absolute Gasteiger partial charge is 0.324 e. The summed E-state index contributed by atoms with van der Waals surface area (Å²) < 4.78 is 32.1. The highest BCUT2D eigenvalue weighted by atomic mass is 32.2. The fraction of sp³-hybridized carbons (Fsp3) is 0.316. The SMILES string of the molecule is COC(=O)[C@@H]1CCC#C/C=C\C#CCN1S(=O)(=O)c1ccc(C)cc1. The van der Waals surface area contributed by atoms with Crippen LogP contribution in [0.25, 0.3) is 0 Å². The number of esters is 1. The second kappa shape index (κ2) is 8.53. The van der Waals surface area contributed by atoms with Crippen molar-refractivity contribution >= 4 is 16.0 Å². The number of carbonyl (C=O) groups excluding carboxylic acids is 1. The van der Waals surface area contributed by atoms with Gasteiger partial charge in [0.05, 0.1) is 18.6 Å². The first-order valence-corrected chi connectivity index (χ1v) is 9.19.